The van der Waals surface area contributed by atoms with Crippen molar-refractivity contribution in [1.82, 2.24) is 0 Å². The van der Waals surface area contributed by atoms with Gasteiger partial charge in [-0.1, -0.05) is 68.2 Å². The van der Waals surface area contributed by atoms with Gasteiger partial charge in [0.1, 0.15) is 0 Å². The Morgan fingerprint density at radius 2 is 0.966 bits per heavy atom. The summed E-state index contributed by atoms with van der Waals surface area (Å²) in [5, 5.41) is 0. The molecule has 2 rings (SSSR count). The molecule has 0 aromatic rings. The summed E-state index contributed by atoms with van der Waals surface area (Å²) in [7, 11) is 0. The average Bonchev–Trinajstić information content (AvgIpc) is 2.65. The third-order valence-electron chi connectivity index (χ3n) is 8.12. The molecule has 168 valence electrons. The first-order valence-corrected chi connectivity index (χ1v) is 12.7. The van der Waals surface area contributed by atoms with Crippen molar-refractivity contribution in [3.8, 4) is 0 Å². The van der Waals surface area contributed by atoms with Crippen molar-refractivity contribution in [1.29, 1.82) is 0 Å². The van der Waals surface area contributed by atoms with E-state index in [2.05, 4.69) is 68.5 Å². The molecule has 2 aliphatic rings. The molecule has 0 aromatic carbocycles. The fourth-order valence-electron chi connectivity index (χ4n) is 6.28. The molecule has 2 heteroatoms. The zero-order valence-electron chi connectivity index (χ0n) is 21.0. The van der Waals surface area contributed by atoms with Crippen molar-refractivity contribution in [2.45, 2.75) is 113 Å². The highest BCUT2D eigenvalue weighted by Gasteiger charge is 2.37. The monoisotopic (exact) mass is 402 g/mol. The van der Waals surface area contributed by atoms with Crippen LogP contribution in [0.1, 0.15) is 101 Å². The first kappa shape index (κ1) is 24.6. The van der Waals surface area contributed by atoms with Crippen LogP contribution in [0.2, 0.25) is 0 Å². The van der Waals surface area contributed by atoms with Crippen LogP contribution in [0.15, 0.2) is 9.98 Å². The number of nitrogens with zero attached hydrogens (tertiary/aromatic N) is 2. The molecule has 2 nitrogen and oxygen atoms in total. The molecule has 0 heterocycles. The van der Waals surface area contributed by atoms with Gasteiger partial charge in [-0.15, -0.1) is 0 Å². The Morgan fingerprint density at radius 3 is 1.31 bits per heavy atom. The second-order valence-corrected chi connectivity index (χ2v) is 11.5. The van der Waals surface area contributed by atoms with Crippen LogP contribution in [0.3, 0.4) is 0 Å². The van der Waals surface area contributed by atoms with Crippen molar-refractivity contribution in [3.05, 3.63) is 0 Å². The van der Waals surface area contributed by atoms with E-state index in [-0.39, 0.29) is 0 Å². The lowest BCUT2D eigenvalue weighted by Gasteiger charge is -2.40. The third kappa shape index (κ3) is 6.41. The minimum absolute atomic E-state index is 0.474. The Kier molecular flexibility index (Phi) is 9.42. The van der Waals surface area contributed by atoms with Gasteiger partial charge in [0.05, 0.1) is 12.1 Å². The van der Waals surface area contributed by atoms with Gasteiger partial charge in [-0.05, 0) is 80.0 Å². The van der Waals surface area contributed by atoms with Crippen LogP contribution in [-0.4, -0.2) is 24.0 Å². The maximum absolute atomic E-state index is 5.33. The van der Waals surface area contributed by atoms with Gasteiger partial charge in [-0.25, -0.2) is 0 Å². The maximum atomic E-state index is 5.33. The van der Waals surface area contributed by atoms with Crippen molar-refractivity contribution < 1.29 is 0 Å². The number of aliphatic imine (C=N–C) groups is 2. The van der Waals surface area contributed by atoms with E-state index in [1.54, 1.807) is 0 Å². The van der Waals surface area contributed by atoms with E-state index in [9.17, 15) is 0 Å². The molecule has 0 radical (unpaired) electrons. The van der Waals surface area contributed by atoms with E-state index in [0.717, 1.165) is 29.4 Å². The largest absolute Gasteiger partial charge is 0.287 e. The zero-order chi connectivity index (χ0) is 21.7. The molecular weight excluding hydrogens is 352 g/mol. The Morgan fingerprint density at radius 1 is 0.621 bits per heavy atom. The normalized spacial score (nSPS) is 34.9. The van der Waals surface area contributed by atoms with Gasteiger partial charge in [-0.2, -0.15) is 0 Å². The lowest BCUT2D eigenvalue weighted by molar-refractivity contribution is 0.142. The van der Waals surface area contributed by atoms with Gasteiger partial charge in [0, 0.05) is 11.9 Å². The number of hydrogen-bond acceptors (Lipinski definition) is 2. The summed E-state index contributed by atoms with van der Waals surface area (Å²) < 4.78 is 0. The Balaban J connectivity index is 2.24. The van der Waals surface area contributed by atoms with Gasteiger partial charge in [-0.3, -0.25) is 9.98 Å². The van der Waals surface area contributed by atoms with Crippen LogP contribution < -0.4 is 0 Å². The van der Waals surface area contributed by atoms with Gasteiger partial charge in [0.15, 0.2) is 0 Å². The summed E-state index contributed by atoms with van der Waals surface area (Å²) in [6, 6.07) is 0.949. The van der Waals surface area contributed by atoms with E-state index in [1.807, 2.05) is 0 Å². The van der Waals surface area contributed by atoms with E-state index in [1.165, 1.54) is 38.5 Å². The van der Waals surface area contributed by atoms with Crippen LogP contribution >= 0.6 is 0 Å². The van der Waals surface area contributed by atoms with Crippen LogP contribution in [-0.2, 0) is 0 Å². The highest BCUT2D eigenvalue weighted by Crippen LogP contribution is 2.41. The van der Waals surface area contributed by atoms with Crippen molar-refractivity contribution in [2.24, 2.45) is 57.3 Å². The summed E-state index contributed by atoms with van der Waals surface area (Å²) in [5.74, 6) is 5.74. The quantitative estimate of drug-likeness (QED) is 0.389. The second kappa shape index (κ2) is 11.1. The minimum atomic E-state index is 0.474. The maximum Gasteiger partial charge on any atom is 0.0564 e. The fraction of sp³-hybridized carbons (Fsp3) is 0.926. The highest BCUT2D eigenvalue weighted by molar-refractivity contribution is 6.29. The molecule has 0 N–H and O–H groups in total. The van der Waals surface area contributed by atoms with Gasteiger partial charge in [0.25, 0.3) is 0 Å². The molecule has 0 amide bonds. The minimum Gasteiger partial charge on any atom is -0.287 e. The van der Waals surface area contributed by atoms with Crippen molar-refractivity contribution in [3.63, 3.8) is 0 Å². The molecule has 0 spiro atoms. The number of hydrogen-bond donors (Lipinski definition) is 0. The first-order chi connectivity index (χ1) is 13.6. The van der Waals surface area contributed by atoms with Gasteiger partial charge < -0.3 is 0 Å². The molecular formula is C27H50N2. The summed E-state index contributed by atoms with van der Waals surface area (Å²) in [4.78, 5) is 10.6. The smallest absolute Gasteiger partial charge is 0.0564 e. The topological polar surface area (TPSA) is 24.7 Å². The van der Waals surface area contributed by atoms with Crippen LogP contribution in [0.25, 0.3) is 0 Å². The molecule has 29 heavy (non-hydrogen) atoms. The molecule has 4 atom stereocenters. The third-order valence-corrected chi connectivity index (χ3v) is 8.12. The SMILES string of the molecule is CC(C=NC1C(C(C)C)CCCC1C(C)C)=NC1C(C(C)C)CCCC1C(C)C. The van der Waals surface area contributed by atoms with E-state index in [0.29, 0.717) is 35.8 Å². The predicted molar refractivity (Wildman–Crippen MR) is 130 cm³/mol. The molecule has 0 bridgehead atoms. The lowest BCUT2D eigenvalue weighted by atomic mass is 9.68. The molecule has 2 aliphatic carbocycles. The Bertz CT molecular complexity index is 511. The van der Waals surface area contributed by atoms with Gasteiger partial charge in [0.2, 0.25) is 0 Å². The van der Waals surface area contributed by atoms with Crippen molar-refractivity contribution >= 4 is 11.9 Å². The molecule has 2 fully saturated rings. The number of rotatable bonds is 7. The standard InChI is InChI=1S/C27H50N2/c1-17(2)22-12-10-13-23(18(3)4)26(22)28-16-21(9)29-27-24(19(5)6)14-11-15-25(27)20(7)8/h16-20,22-27H,10-15H2,1-9H3. The summed E-state index contributed by atoms with van der Waals surface area (Å²) in [6.45, 7) is 21.3. The summed E-state index contributed by atoms with van der Waals surface area (Å²) in [5.41, 5.74) is 1.16. The highest BCUT2D eigenvalue weighted by atomic mass is 14.9. The summed E-state index contributed by atoms with van der Waals surface area (Å²) >= 11 is 0. The Hall–Kier alpha value is -0.660. The zero-order valence-corrected chi connectivity index (χ0v) is 21.0. The molecule has 0 aromatic heterocycles. The van der Waals surface area contributed by atoms with Crippen LogP contribution in [0.4, 0.5) is 0 Å². The van der Waals surface area contributed by atoms with E-state index < -0.39 is 0 Å². The van der Waals surface area contributed by atoms with E-state index >= 15 is 0 Å². The molecule has 2 saturated carbocycles. The molecule has 0 saturated heterocycles. The average molecular weight is 403 g/mol. The molecule has 4 unspecified atom stereocenters. The van der Waals surface area contributed by atoms with E-state index in [4.69, 9.17) is 9.98 Å². The predicted octanol–water partition coefficient (Wildman–Crippen LogP) is 7.71. The second-order valence-electron chi connectivity index (χ2n) is 11.5. The van der Waals surface area contributed by atoms with Crippen LogP contribution in [0.5, 0.6) is 0 Å². The lowest BCUT2D eigenvalue weighted by Crippen LogP contribution is -2.39. The molecule has 0 aliphatic heterocycles. The fourth-order valence-corrected chi connectivity index (χ4v) is 6.28. The first-order valence-electron chi connectivity index (χ1n) is 12.7. The summed E-state index contributed by atoms with van der Waals surface area (Å²) in [6.07, 6.45) is 10.3. The Labute approximate surface area is 182 Å². The van der Waals surface area contributed by atoms with Crippen molar-refractivity contribution in [2.75, 3.05) is 0 Å². The van der Waals surface area contributed by atoms with Gasteiger partial charge >= 0.3 is 0 Å². The van der Waals surface area contributed by atoms with Crippen LogP contribution in [0, 0.1) is 47.3 Å².